The van der Waals surface area contributed by atoms with Crippen LogP contribution in [-0.2, 0) is 0 Å². The molecule has 3 N–H and O–H groups in total. The Morgan fingerprint density at radius 2 is 1.96 bits per heavy atom. The lowest BCUT2D eigenvalue weighted by atomic mass is 10.0. The summed E-state index contributed by atoms with van der Waals surface area (Å²) in [6.45, 7) is 1.88. The van der Waals surface area contributed by atoms with E-state index in [1.54, 1.807) is 0 Å². The van der Waals surface area contributed by atoms with E-state index < -0.39 is 0 Å². The van der Waals surface area contributed by atoms with Gasteiger partial charge in [0.05, 0.1) is 6.20 Å². The van der Waals surface area contributed by atoms with Crippen LogP contribution in [0, 0.1) is 0 Å². The number of nitrogens with one attached hydrogen (secondary N) is 3. The number of hydrogen-bond acceptors (Lipinski definition) is 5. The van der Waals surface area contributed by atoms with Crippen LogP contribution in [0.25, 0.3) is 11.0 Å². The van der Waals surface area contributed by atoms with Gasteiger partial charge in [-0.15, -0.1) is 0 Å². The van der Waals surface area contributed by atoms with Crippen molar-refractivity contribution in [2.24, 2.45) is 0 Å². The zero-order chi connectivity index (χ0) is 16.5. The molecule has 7 nitrogen and oxygen atoms in total. The average Bonchev–Trinajstić information content (AvgIpc) is 3.05. The van der Waals surface area contributed by atoms with Crippen molar-refractivity contribution in [3.8, 4) is 0 Å². The lowest BCUT2D eigenvalue weighted by Crippen LogP contribution is -2.39. The summed E-state index contributed by atoms with van der Waals surface area (Å²) in [4.78, 5) is 21.4. The van der Waals surface area contributed by atoms with E-state index >= 15 is 0 Å². The van der Waals surface area contributed by atoms with Gasteiger partial charge >= 0.3 is 0 Å². The largest absolute Gasteiger partial charge is 0.371 e. The van der Waals surface area contributed by atoms with Crippen LogP contribution in [0.2, 0.25) is 5.02 Å². The molecule has 1 fully saturated rings. The first-order chi connectivity index (χ1) is 11.7. The number of rotatable bonds is 3. The number of nitrogens with zero attached hydrogens (tertiary/aromatic N) is 3. The third-order valence-corrected chi connectivity index (χ3v) is 4.60. The normalized spacial score (nSPS) is 15.8. The molecule has 3 heterocycles. The molecule has 1 aliphatic rings. The van der Waals surface area contributed by atoms with Crippen LogP contribution < -0.4 is 15.8 Å². The molecule has 0 amide bonds. The van der Waals surface area contributed by atoms with Crippen LogP contribution in [0.15, 0.2) is 35.3 Å². The minimum Gasteiger partial charge on any atom is -0.371 e. The summed E-state index contributed by atoms with van der Waals surface area (Å²) in [6, 6.07) is 8.19. The number of benzene rings is 1. The van der Waals surface area contributed by atoms with Crippen molar-refractivity contribution < 1.29 is 0 Å². The standard InChI is InChI=1S/C16H17ClN6O/c17-10-1-3-12(4-2-10)23-7-5-11(6-8-23)19-16-20-14-13(9-18-22-14)15(24)21-16/h1-4,9,11H,5-8H2,(H3,18,19,20,21,22,24). The van der Waals surface area contributed by atoms with Crippen LogP contribution in [0.5, 0.6) is 0 Å². The first-order valence-corrected chi connectivity index (χ1v) is 8.27. The van der Waals surface area contributed by atoms with E-state index in [1.165, 1.54) is 11.9 Å². The fraction of sp³-hybridized carbons (Fsp3) is 0.312. The van der Waals surface area contributed by atoms with E-state index in [1.807, 2.05) is 24.3 Å². The van der Waals surface area contributed by atoms with Crippen molar-refractivity contribution in [1.82, 2.24) is 20.2 Å². The first kappa shape index (κ1) is 15.0. The maximum absolute atomic E-state index is 12.0. The summed E-state index contributed by atoms with van der Waals surface area (Å²) in [7, 11) is 0. The second-order valence-corrected chi connectivity index (χ2v) is 6.37. The van der Waals surface area contributed by atoms with Crippen LogP contribution in [0.3, 0.4) is 0 Å². The van der Waals surface area contributed by atoms with Crippen LogP contribution in [0.4, 0.5) is 11.6 Å². The quantitative estimate of drug-likeness (QED) is 0.678. The highest BCUT2D eigenvalue weighted by Gasteiger charge is 2.20. The molecule has 124 valence electrons. The number of hydrogen-bond donors (Lipinski definition) is 3. The Morgan fingerprint density at radius 3 is 2.71 bits per heavy atom. The molecule has 24 heavy (non-hydrogen) atoms. The van der Waals surface area contributed by atoms with Crippen molar-refractivity contribution in [3.63, 3.8) is 0 Å². The molecular formula is C16H17ClN6O. The highest BCUT2D eigenvalue weighted by Crippen LogP contribution is 2.23. The Labute approximate surface area is 143 Å². The van der Waals surface area contributed by atoms with Gasteiger partial charge in [-0.1, -0.05) is 11.6 Å². The van der Waals surface area contributed by atoms with Gasteiger partial charge in [0, 0.05) is 29.8 Å². The molecule has 1 aromatic carbocycles. The van der Waals surface area contributed by atoms with Gasteiger partial charge in [-0.3, -0.25) is 14.9 Å². The highest BCUT2D eigenvalue weighted by molar-refractivity contribution is 6.30. The Balaban J connectivity index is 1.42. The maximum atomic E-state index is 12.0. The minimum absolute atomic E-state index is 0.185. The Morgan fingerprint density at radius 1 is 1.21 bits per heavy atom. The van der Waals surface area contributed by atoms with Gasteiger partial charge < -0.3 is 10.2 Å². The summed E-state index contributed by atoms with van der Waals surface area (Å²) in [5.74, 6) is 0.488. The fourth-order valence-electron chi connectivity index (χ4n) is 3.04. The van der Waals surface area contributed by atoms with E-state index in [4.69, 9.17) is 11.6 Å². The number of aromatic amines is 2. The molecule has 0 atom stereocenters. The summed E-state index contributed by atoms with van der Waals surface area (Å²) in [5, 5.41) is 11.1. The molecule has 8 heteroatoms. The van der Waals surface area contributed by atoms with Gasteiger partial charge in [-0.05, 0) is 37.1 Å². The number of fused-ring (bicyclic) bond motifs is 1. The van der Waals surface area contributed by atoms with Gasteiger partial charge in [-0.2, -0.15) is 10.1 Å². The molecule has 0 aliphatic carbocycles. The zero-order valence-corrected chi connectivity index (χ0v) is 13.7. The third kappa shape index (κ3) is 2.94. The summed E-state index contributed by atoms with van der Waals surface area (Å²) in [6.07, 6.45) is 3.41. The molecular weight excluding hydrogens is 328 g/mol. The topological polar surface area (TPSA) is 89.7 Å². The molecule has 0 radical (unpaired) electrons. The lowest BCUT2D eigenvalue weighted by Gasteiger charge is -2.34. The Kier molecular flexibility index (Phi) is 3.86. The zero-order valence-electron chi connectivity index (χ0n) is 12.9. The van der Waals surface area contributed by atoms with Crippen molar-refractivity contribution in [1.29, 1.82) is 0 Å². The Bertz CT molecular complexity index is 895. The van der Waals surface area contributed by atoms with Gasteiger partial charge in [-0.25, -0.2) is 0 Å². The molecule has 2 aromatic heterocycles. The second-order valence-electron chi connectivity index (χ2n) is 5.93. The Hall–Kier alpha value is -2.54. The van der Waals surface area contributed by atoms with Crippen LogP contribution >= 0.6 is 11.6 Å². The predicted molar refractivity (Wildman–Crippen MR) is 94.8 cm³/mol. The van der Waals surface area contributed by atoms with Gasteiger partial charge in [0.2, 0.25) is 5.95 Å². The predicted octanol–water partition coefficient (Wildman–Crippen LogP) is 2.38. The summed E-state index contributed by atoms with van der Waals surface area (Å²) < 4.78 is 0. The SMILES string of the molecule is O=c1[nH]c(NC2CCN(c3ccc(Cl)cc3)CC2)nc2[nH]ncc12. The van der Waals surface area contributed by atoms with Crippen LogP contribution in [0.1, 0.15) is 12.8 Å². The summed E-state index contributed by atoms with van der Waals surface area (Å²) >= 11 is 5.94. The van der Waals surface area contributed by atoms with E-state index in [0.717, 1.165) is 31.0 Å². The van der Waals surface area contributed by atoms with Gasteiger partial charge in [0.1, 0.15) is 5.39 Å². The van der Waals surface area contributed by atoms with Crippen LogP contribution in [-0.4, -0.2) is 39.3 Å². The van der Waals surface area contributed by atoms with E-state index in [-0.39, 0.29) is 11.6 Å². The molecule has 0 spiro atoms. The molecule has 0 saturated carbocycles. The molecule has 1 aliphatic heterocycles. The van der Waals surface area contributed by atoms with E-state index in [9.17, 15) is 4.79 Å². The van der Waals surface area contributed by atoms with E-state index in [2.05, 4.69) is 30.4 Å². The van der Waals surface area contributed by atoms with Gasteiger partial charge in [0.25, 0.3) is 5.56 Å². The molecule has 3 aromatic rings. The van der Waals surface area contributed by atoms with Crippen molar-refractivity contribution in [2.75, 3.05) is 23.3 Å². The minimum atomic E-state index is -0.185. The van der Waals surface area contributed by atoms with Gasteiger partial charge in [0.15, 0.2) is 5.65 Å². The molecule has 0 bridgehead atoms. The first-order valence-electron chi connectivity index (χ1n) is 7.89. The van der Waals surface area contributed by atoms with Crippen molar-refractivity contribution in [2.45, 2.75) is 18.9 Å². The monoisotopic (exact) mass is 344 g/mol. The number of aromatic nitrogens is 4. The smallest absolute Gasteiger partial charge is 0.263 e. The lowest BCUT2D eigenvalue weighted by molar-refractivity contribution is 0.524. The van der Waals surface area contributed by atoms with E-state index in [0.29, 0.717) is 17.0 Å². The number of H-pyrrole nitrogens is 2. The average molecular weight is 345 g/mol. The number of anilines is 2. The molecule has 4 rings (SSSR count). The fourth-order valence-corrected chi connectivity index (χ4v) is 3.17. The third-order valence-electron chi connectivity index (χ3n) is 4.35. The van der Waals surface area contributed by atoms with Crippen molar-refractivity contribution >= 4 is 34.3 Å². The number of piperidine rings is 1. The second kappa shape index (κ2) is 6.16. The number of halogens is 1. The molecule has 0 unspecified atom stereocenters. The summed E-state index contributed by atoms with van der Waals surface area (Å²) in [5.41, 5.74) is 1.50. The highest BCUT2D eigenvalue weighted by atomic mass is 35.5. The molecule has 1 saturated heterocycles. The van der Waals surface area contributed by atoms with Crippen molar-refractivity contribution in [3.05, 3.63) is 45.8 Å². The maximum Gasteiger partial charge on any atom is 0.263 e.